The summed E-state index contributed by atoms with van der Waals surface area (Å²) < 4.78 is 8.51. The van der Waals surface area contributed by atoms with Crippen molar-refractivity contribution in [1.29, 1.82) is 0 Å². The second kappa shape index (κ2) is 6.11. The van der Waals surface area contributed by atoms with Crippen LogP contribution in [0.1, 0.15) is 26.3 Å². The summed E-state index contributed by atoms with van der Waals surface area (Å²) in [5.74, 6) is 1.03. The number of fused-ring (bicyclic) bond motifs is 7. The van der Waals surface area contributed by atoms with E-state index in [1.807, 2.05) is 24.4 Å². The summed E-state index contributed by atoms with van der Waals surface area (Å²) in [6.07, 6.45) is 1.86. The van der Waals surface area contributed by atoms with Gasteiger partial charge in [-0.05, 0) is 52.1 Å². The first-order valence-corrected chi connectivity index (χ1v) is 10.5. The monoisotopic (exact) mass is 406 g/mol. The third kappa shape index (κ3) is 2.58. The average molecular weight is 406 g/mol. The Bertz CT molecular complexity index is 1630. The summed E-state index contributed by atoms with van der Waals surface area (Å²) >= 11 is 0. The zero-order valence-electron chi connectivity index (χ0n) is 17.7. The molecule has 6 aromatic rings. The maximum Gasteiger partial charge on any atom is 0.161 e. The molecule has 0 aliphatic heterocycles. The molecule has 0 amide bonds. The topological polar surface area (TPSA) is 51.2 Å². The molecular weight excluding hydrogens is 384 g/mol. The molecule has 0 aliphatic carbocycles. The van der Waals surface area contributed by atoms with E-state index in [9.17, 15) is 5.11 Å². The molecule has 0 radical (unpaired) electrons. The van der Waals surface area contributed by atoms with Crippen molar-refractivity contribution >= 4 is 43.7 Å². The van der Waals surface area contributed by atoms with Crippen LogP contribution in [-0.2, 0) is 5.41 Å². The van der Waals surface area contributed by atoms with E-state index >= 15 is 0 Å². The van der Waals surface area contributed by atoms with Gasteiger partial charge >= 0.3 is 0 Å². The lowest BCUT2D eigenvalue weighted by molar-refractivity contribution is 0.476. The number of benzene rings is 3. The molecule has 0 saturated carbocycles. The van der Waals surface area contributed by atoms with Crippen LogP contribution in [0.2, 0.25) is 0 Å². The molecule has 6 rings (SSSR count). The van der Waals surface area contributed by atoms with Crippen molar-refractivity contribution in [2.45, 2.75) is 26.2 Å². The van der Waals surface area contributed by atoms with Crippen molar-refractivity contribution in [2.75, 3.05) is 0 Å². The highest BCUT2D eigenvalue weighted by molar-refractivity contribution is 6.23. The van der Waals surface area contributed by atoms with E-state index in [0.717, 1.165) is 49.6 Å². The van der Waals surface area contributed by atoms with Gasteiger partial charge in [0.25, 0.3) is 0 Å². The lowest BCUT2D eigenvalue weighted by atomic mass is 9.88. The van der Waals surface area contributed by atoms with Gasteiger partial charge in [0.2, 0.25) is 0 Å². The minimum atomic E-state index is -0.00688. The Labute approximate surface area is 179 Å². The Morgan fingerprint density at radius 1 is 0.903 bits per heavy atom. The van der Waals surface area contributed by atoms with Crippen molar-refractivity contribution in [3.8, 4) is 11.6 Å². The van der Waals surface area contributed by atoms with E-state index in [1.54, 1.807) is 12.1 Å². The fraction of sp³-hybridized carbons (Fsp3) is 0.148. The summed E-state index contributed by atoms with van der Waals surface area (Å²) in [5.41, 5.74) is 4.70. The second-order valence-electron chi connectivity index (χ2n) is 9.13. The molecule has 0 spiro atoms. The molecule has 0 saturated heterocycles. The minimum Gasteiger partial charge on any atom is -0.508 e. The van der Waals surface area contributed by atoms with Crippen molar-refractivity contribution in [3.05, 3.63) is 78.5 Å². The molecule has 1 N–H and O–H groups in total. The summed E-state index contributed by atoms with van der Waals surface area (Å²) in [5, 5.41) is 14.6. The van der Waals surface area contributed by atoms with Crippen molar-refractivity contribution in [2.24, 2.45) is 0 Å². The van der Waals surface area contributed by atoms with Crippen LogP contribution in [0, 0.1) is 0 Å². The largest absolute Gasteiger partial charge is 0.508 e. The molecule has 152 valence electrons. The maximum absolute atomic E-state index is 10.3. The molecule has 0 unspecified atom stereocenters. The summed E-state index contributed by atoms with van der Waals surface area (Å²) in [6, 6.07) is 22.1. The highest BCUT2D eigenvalue weighted by Crippen LogP contribution is 2.42. The molecule has 0 fully saturated rings. The molecule has 4 heteroatoms. The quantitative estimate of drug-likeness (QED) is 0.317. The number of aromatic hydroxyl groups is 1. The Morgan fingerprint density at radius 3 is 2.58 bits per heavy atom. The summed E-state index contributed by atoms with van der Waals surface area (Å²) in [7, 11) is 0. The van der Waals surface area contributed by atoms with E-state index in [1.165, 1.54) is 5.56 Å². The number of nitrogens with zero attached hydrogens (tertiary/aromatic N) is 2. The van der Waals surface area contributed by atoms with Crippen LogP contribution >= 0.6 is 0 Å². The first-order valence-electron chi connectivity index (χ1n) is 10.5. The Kier molecular flexibility index (Phi) is 3.55. The van der Waals surface area contributed by atoms with Crippen LogP contribution in [0.15, 0.2) is 77.3 Å². The zero-order chi connectivity index (χ0) is 21.3. The fourth-order valence-corrected chi connectivity index (χ4v) is 4.51. The van der Waals surface area contributed by atoms with Gasteiger partial charge in [0, 0.05) is 17.6 Å². The third-order valence-corrected chi connectivity index (χ3v) is 6.09. The van der Waals surface area contributed by atoms with Crippen LogP contribution in [0.3, 0.4) is 0 Å². The maximum atomic E-state index is 10.3. The number of hydrogen-bond acceptors (Lipinski definition) is 3. The van der Waals surface area contributed by atoms with Crippen LogP contribution in [0.25, 0.3) is 49.6 Å². The number of hydrogen-bond donors (Lipinski definition) is 1. The predicted octanol–water partition coefficient (Wildman–Crippen LogP) is 7.08. The Balaban J connectivity index is 1.85. The van der Waals surface area contributed by atoms with Crippen LogP contribution < -0.4 is 0 Å². The van der Waals surface area contributed by atoms with E-state index < -0.39 is 0 Å². The Hall–Kier alpha value is -3.79. The molecule has 3 heterocycles. The predicted molar refractivity (Wildman–Crippen MR) is 126 cm³/mol. The lowest BCUT2D eigenvalue weighted by Gasteiger charge is -2.19. The SMILES string of the molecule is CC(C)(C)c1ccnc(-n2c3cc(O)ccc3c3oc4ccc5ccccc5c4c32)c1. The summed E-state index contributed by atoms with van der Waals surface area (Å²) in [4.78, 5) is 4.73. The normalized spacial score (nSPS) is 12.5. The van der Waals surface area contributed by atoms with Gasteiger partial charge in [0.1, 0.15) is 22.7 Å². The second-order valence-corrected chi connectivity index (χ2v) is 9.13. The molecule has 0 atom stereocenters. The van der Waals surface area contributed by atoms with Gasteiger partial charge in [0.05, 0.1) is 10.9 Å². The molecular formula is C27H22N2O2. The van der Waals surface area contributed by atoms with Gasteiger partial charge in [-0.2, -0.15) is 0 Å². The Morgan fingerprint density at radius 2 is 1.74 bits per heavy atom. The van der Waals surface area contributed by atoms with Crippen LogP contribution in [0.4, 0.5) is 0 Å². The van der Waals surface area contributed by atoms with E-state index in [4.69, 9.17) is 9.40 Å². The first-order chi connectivity index (χ1) is 14.9. The number of rotatable bonds is 1. The van der Waals surface area contributed by atoms with Crippen molar-refractivity contribution in [1.82, 2.24) is 9.55 Å². The summed E-state index contributed by atoms with van der Waals surface area (Å²) in [6.45, 7) is 6.59. The zero-order valence-corrected chi connectivity index (χ0v) is 17.7. The van der Waals surface area contributed by atoms with Gasteiger partial charge in [-0.1, -0.05) is 51.1 Å². The average Bonchev–Trinajstić information content (AvgIpc) is 3.27. The van der Waals surface area contributed by atoms with Crippen molar-refractivity contribution in [3.63, 3.8) is 0 Å². The highest BCUT2D eigenvalue weighted by atomic mass is 16.3. The van der Waals surface area contributed by atoms with E-state index in [-0.39, 0.29) is 11.2 Å². The van der Waals surface area contributed by atoms with E-state index in [2.05, 4.69) is 61.7 Å². The van der Waals surface area contributed by atoms with Crippen LogP contribution in [-0.4, -0.2) is 14.7 Å². The smallest absolute Gasteiger partial charge is 0.161 e. The first kappa shape index (κ1) is 18.0. The highest BCUT2D eigenvalue weighted by Gasteiger charge is 2.23. The van der Waals surface area contributed by atoms with Gasteiger partial charge in [-0.25, -0.2) is 4.98 Å². The van der Waals surface area contributed by atoms with Crippen molar-refractivity contribution < 1.29 is 9.52 Å². The number of pyridine rings is 1. The molecule has 3 aromatic carbocycles. The van der Waals surface area contributed by atoms with E-state index in [0.29, 0.717) is 0 Å². The lowest BCUT2D eigenvalue weighted by Crippen LogP contribution is -2.12. The number of aromatic nitrogens is 2. The standard InChI is InChI=1S/C27H22N2O2/c1-27(2,3)17-12-13-28-23(14-17)29-21-15-18(30)9-10-20(21)26-25(29)24-19-7-5-4-6-16(19)8-11-22(24)31-26/h4-15,30H,1-3H3. The third-order valence-electron chi connectivity index (χ3n) is 6.09. The van der Waals surface area contributed by atoms with Gasteiger partial charge in [-0.15, -0.1) is 0 Å². The number of phenolic OH excluding ortho intramolecular Hbond substituents is 1. The number of furan rings is 1. The van der Waals surface area contributed by atoms with Gasteiger partial charge < -0.3 is 9.52 Å². The molecule has 3 aromatic heterocycles. The van der Waals surface area contributed by atoms with Crippen LogP contribution in [0.5, 0.6) is 5.75 Å². The van der Waals surface area contributed by atoms with Gasteiger partial charge in [0.15, 0.2) is 5.58 Å². The molecule has 31 heavy (non-hydrogen) atoms. The fourth-order valence-electron chi connectivity index (χ4n) is 4.51. The number of phenols is 1. The molecule has 0 aliphatic rings. The minimum absolute atomic E-state index is 0.00688. The van der Waals surface area contributed by atoms with Gasteiger partial charge in [-0.3, -0.25) is 4.57 Å². The molecule has 4 nitrogen and oxygen atoms in total. The molecule has 0 bridgehead atoms.